The second-order valence-electron chi connectivity index (χ2n) is 6.99. The smallest absolute Gasteiger partial charge is 0.248 e. The second-order valence-corrected chi connectivity index (χ2v) is 6.99. The van der Waals surface area contributed by atoms with Crippen molar-refractivity contribution in [1.29, 1.82) is 0 Å². The Morgan fingerprint density at radius 1 is 1.33 bits per heavy atom. The zero-order chi connectivity index (χ0) is 18.9. The monoisotopic (exact) mass is 370 g/mol. The first-order valence-corrected chi connectivity index (χ1v) is 9.46. The summed E-state index contributed by atoms with van der Waals surface area (Å²) in [5.74, 6) is 0.980. The van der Waals surface area contributed by atoms with Crippen LogP contribution in [0.15, 0.2) is 36.7 Å². The lowest BCUT2D eigenvalue weighted by Gasteiger charge is -2.47. The van der Waals surface area contributed by atoms with E-state index >= 15 is 0 Å². The molecule has 0 aliphatic carbocycles. The number of rotatable bonds is 6. The highest BCUT2D eigenvalue weighted by Crippen LogP contribution is 2.46. The van der Waals surface area contributed by atoms with Gasteiger partial charge >= 0.3 is 0 Å². The number of fused-ring (bicyclic) bond motifs is 4. The van der Waals surface area contributed by atoms with Crippen molar-refractivity contribution in [3.05, 3.63) is 42.4 Å². The van der Waals surface area contributed by atoms with Crippen LogP contribution in [0.5, 0.6) is 0 Å². The minimum absolute atomic E-state index is 0.0514. The molecule has 0 saturated carbocycles. The first-order valence-electron chi connectivity index (χ1n) is 9.46. The number of anilines is 1. The van der Waals surface area contributed by atoms with Gasteiger partial charge in [-0.15, -0.1) is 0 Å². The first kappa shape index (κ1) is 18.0. The van der Waals surface area contributed by atoms with Crippen LogP contribution in [0.1, 0.15) is 19.0 Å². The topological polar surface area (TPSA) is 59.8 Å². The minimum atomic E-state index is -0.278. The molecule has 0 radical (unpaired) electrons. The van der Waals surface area contributed by atoms with Crippen molar-refractivity contribution < 1.29 is 14.3 Å². The molecule has 4 rings (SSSR count). The average Bonchev–Trinajstić information content (AvgIpc) is 3.35. The van der Waals surface area contributed by atoms with Crippen LogP contribution < -0.4 is 4.90 Å². The summed E-state index contributed by atoms with van der Waals surface area (Å²) in [6, 6.07) is 8.27. The number of hydrogen-bond donors (Lipinski definition) is 0. The Labute approximate surface area is 159 Å². The van der Waals surface area contributed by atoms with Crippen LogP contribution in [0.3, 0.4) is 0 Å². The molecule has 2 aromatic rings. The van der Waals surface area contributed by atoms with E-state index in [2.05, 4.69) is 38.8 Å². The fourth-order valence-corrected chi connectivity index (χ4v) is 4.33. The summed E-state index contributed by atoms with van der Waals surface area (Å²) in [5, 5.41) is 0. The molecule has 0 bridgehead atoms. The van der Waals surface area contributed by atoms with Crippen LogP contribution in [0.25, 0.3) is 5.82 Å². The Morgan fingerprint density at radius 2 is 2.22 bits per heavy atom. The minimum Gasteiger partial charge on any atom is -0.383 e. The number of aromatic nitrogens is 2. The zero-order valence-corrected chi connectivity index (χ0v) is 15.9. The molecule has 144 valence electrons. The molecule has 1 fully saturated rings. The third kappa shape index (κ3) is 2.91. The van der Waals surface area contributed by atoms with Crippen LogP contribution in [-0.4, -0.2) is 66.9 Å². The fourth-order valence-electron chi connectivity index (χ4n) is 4.33. The largest absolute Gasteiger partial charge is 0.383 e. The maximum absolute atomic E-state index is 12.6. The Hall–Kier alpha value is -2.38. The molecule has 2 aromatic heterocycles. The molecule has 4 heterocycles. The quantitative estimate of drug-likeness (QED) is 0.776. The normalized spacial score (nSPS) is 20.8. The molecule has 7 heteroatoms. The van der Waals surface area contributed by atoms with E-state index in [1.165, 1.54) is 5.69 Å². The molecule has 1 spiro atoms. The van der Waals surface area contributed by atoms with Crippen molar-refractivity contribution in [2.45, 2.75) is 18.9 Å². The maximum atomic E-state index is 12.6. The summed E-state index contributed by atoms with van der Waals surface area (Å²) in [6.07, 6.45) is 4.75. The van der Waals surface area contributed by atoms with Crippen LogP contribution in [0.4, 0.5) is 5.69 Å². The van der Waals surface area contributed by atoms with Crippen molar-refractivity contribution in [2.24, 2.45) is 0 Å². The number of carbonyl (C=O) groups is 1. The van der Waals surface area contributed by atoms with Gasteiger partial charge in [0.25, 0.3) is 0 Å². The van der Waals surface area contributed by atoms with Gasteiger partial charge in [0.1, 0.15) is 12.1 Å². The van der Waals surface area contributed by atoms with Crippen molar-refractivity contribution >= 4 is 11.6 Å². The molecular formula is C20H26N4O3. The average molecular weight is 370 g/mol. The van der Waals surface area contributed by atoms with E-state index in [0.29, 0.717) is 19.8 Å². The summed E-state index contributed by atoms with van der Waals surface area (Å²) in [5.41, 5.74) is 1.98. The standard InChI is InChI=1S/C20H26N4O3/c1-3-27-14-18(25)22-11-8-20(15-22)17-7-5-10-23(17)19-16(6-4-9-21-19)24(20)12-13-26-2/h4-7,9-10H,3,8,11-15H2,1-2H3/t20-/m0/s1. The fraction of sp³-hybridized carbons (Fsp3) is 0.500. The summed E-state index contributed by atoms with van der Waals surface area (Å²) in [6.45, 7) is 5.31. The Bertz CT molecular complexity index is 821. The first-order chi connectivity index (χ1) is 13.2. The molecule has 1 atom stereocenters. The maximum Gasteiger partial charge on any atom is 0.248 e. The van der Waals surface area contributed by atoms with E-state index in [1.54, 1.807) is 7.11 Å². The highest BCUT2D eigenvalue weighted by Gasteiger charge is 2.50. The molecule has 2 aliphatic rings. The van der Waals surface area contributed by atoms with Gasteiger partial charge in [0.2, 0.25) is 5.91 Å². The van der Waals surface area contributed by atoms with Gasteiger partial charge in [-0.25, -0.2) is 4.98 Å². The van der Waals surface area contributed by atoms with Gasteiger partial charge in [-0.2, -0.15) is 0 Å². The molecular weight excluding hydrogens is 344 g/mol. The summed E-state index contributed by atoms with van der Waals surface area (Å²) < 4.78 is 12.9. The zero-order valence-electron chi connectivity index (χ0n) is 15.9. The van der Waals surface area contributed by atoms with Crippen LogP contribution in [0, 0.1) is 0 Å². The summed E-state index contributed by atoms with van der Waals surface area (Å²) in [4.78, 5) is 21.5. The van der Waals surface area contributed by atoms with Crippen molar-refractivity contribution in [3.63, 3.8) is 0 Å². The van der Waals surface area contributed by atoms with Crippen LogP contribution >= 0.6 is 0 Å². The van der Waals surface area contributed by atoms with Crippen molar-refractivity contribution in [1.82, 2.24) is 14.5 Å². The van der Waals surface area contributed by atoms with Gasteiger partial charge in [-0.1, -0.05) is 0 Å². The summed E-state index contributed by atoms with van der Waals surface area (Å²) >= 11 is 0. The Morgan fingerprint density at radius 3 is 3.04 bits per heavy atom. The number of nitrogens with zero attached hydrogens (tertiary/aromatic N) is 4. The molecule has 27 heavy (non-hydrogen) atoms. The second kappa shape index (κ2) is 7.32. The Balaban J connectivity index is 1.73. The number of methoxy groups -OCH3 is 1. The predicted octanol–water partition coefficient (Wildman–Crippen LogP) is 1.80. The van der Waals surface area contributed by atoms with Gasteiger partial charge < -0.3 is 23.8 Å². The molecule has 0 N–H and O–H groups in total. The van der Waals surface area contributed by atoms with Crippen LogP contribution in [-0.2, 0) is 19.8 Å². The molecule has 0 aromatic carbocycles. The van der Waals surface area contributed by atoms with E-state index in [1.807, 2.05) is 24.1 Å². The predicted molar refractivity (Wildman–Crippen MR) is 102 cm³/mol. The lowest BCUT2D eigenvalue weighted by Crippen LogP contribution is -2.54. The SMILES string of the molecule is CCOCC(=O)N1CC[C@]2(C1)c1cccn1-c1ncccc1N2CCOC. The third-order valence-corrected chi connectivity index (χ3v) is 5.58. The van der Waals surface area contributed by atoms with Crippen LogP contribution in [0.2, 0.25) is 0 Å². The third-order valence-electron chi connectivity index (χ3n) is 5.58. The van der Waals surface area contributed by atoms with Gasteiger partial charge in [0, 0.05) is 45.7 Å². The molecule has 2 aliphatic heterocycles. The van der Waals surface area contributed by atoms with Crippen molar-refractivity contribution in [3.8, 4) is 5.82 Å². The molecule has 0 unspecified atom stereocenters. The molecule has 7 nitrogen and oxygen atoms in total. The Kier molecular flexibility index (Phi) is 4.88. The number of amides is 1. The number of pyridine rings is 1. The van der Waals surface area contributed by atoms with Gasteiger partial charge in [0.05, 0.1) is 18.0 Å². The van der Waals surface area contributed by atoms with Gasteiger partial charge in [-0.05, 0) is 37.6 Å². The molecule has 1 saturated heterocycles. The lowest BCUT2D eigenvalue weighted by atomic mass is 9.89. The van der Waals surface area contributed by atoms with Crippen molar-refractivity contribution in [2.75, 3.05) is 51.5 Å². The number of ether oxygens (including phenoxy) is 2. The lowest BCUT2D eigenvalue weighted by molar-refractivity contribution is -0.135. The number of carbonyl (C=O) groups excluding carboxylic acids is 1. The molecule has 1 amide bonds. The van der Waals surface area contributed by atoms with E-state index in [4.69, 9.17) is 9.47 Å². The number of hydrogen-bond acceptors (Lipinski definition) is 5. The highest BCUT2D eigenvalue weighted by molar-refractivity contribution is 5.78. The van der Waals surface area contributed by atoms with E-state index in [-0.39, 0.29) is 18.1 Å². The highest BCUT2D eigenvalue weighted by atomic mass is 16.5. The van der Waals surface area contributed by atoms with E-state index in [9.17, 15) is 4.79 Å². The number of likely N-dealkylation sites (tertiary alicyclic amines) is 1. The van der Waals surface area contributed by atoms with Gasteiger partial charge in [0.15, 0.2) is 5.82 Å². The summed E-state index contributed by atoms with van der Waals surface area (Å²) in [7, 11) is 1.72. The van der Waals surface area contributed by atoms with E-state index < -0.39 is 0 Å². The van der Waals surface area contributed by atoms with E-state index in [0.717, 1.165) is 31.0 Å². The van der Waals surface area contributed by atoms with Gasteiger partial charge in [-0.3, -0.25) is 4.79 Å².